The summed E-state index contributed by atoms with van der Waals surface area (Å²) in [6.07, 6.45) is 6.01. The minimum absolute atomic E-state index is 0.0237. The Morgan fingerprint density at radius 1 is 1.67 bits per heavy atom. The zero-order valence-electron chi connectivity index (χ0n) is 8.61. The van der Waals surface area contributed by atoms with Crippen molar-refractivity contribution in [1.29, 1.82) is 0 Å². The summed E-state index contributed by atoms with van der Waals surface area (Å²) in [5.41, 5.74) is 6.82. The molecular formula is C11H16N2O2. The second-order valence-corrected chi connectivity index (χ2v) is 4.11. The molecule has 4 heteroatoms. The average molecular weight is 208 g/mol. The standard InChI is InChI=1S/C11H16N2O2/c12-10(9-1-2-9)5-11(14)13-6-8-3-4-15-7-8/h3-4,7,9-10H,1-2,5-6,12H2,(H,13,14). The predicted molar refractivity (Wildman–Crippen MR) is 55.9 cm³/mol. The lowest BCUT2D eigenvalue weighted by Crippen LogP contribution is -2.32. The zero-order chi connectivity index (χ0) is 10.7. The Hall–Kier alpha value is -1.29. The van der Waals surface area contributed by atoms with Gasteiger partial charge in [0.2, 0.25) is 5.91 Å². The van der Waals surface area contributed by atoms with Gasteiger partial charge in [0.25, 0.3) is 0 Å². The summed E-state index contributed by atoms with van der Waals surface area (Å²) in [4.78, 5) is 11.5. The van der Waals surface area contributed by atoms with Crippen LogP contribution in [0, 0.1) is 5.92 Å². The van der Waals surface area contributed by atoms with Crippen molar-refractivity contribution >= 4 is 5.91 Å². The fraction of sp³-hybridized carbons (Fsp3) is 0.545. The highest BCUT2D eigenvalue weighted by molar-refractivity contribution is 5.76. The third-order valence-corrected chi connectivity index (χ3v) is 2.72. The minimum atomic E-state index is 0.0237. The van der Waals surface area contributed by atoms with E-state index in [1.54, 1.807) is 12.5 Å². The molecular weight excluding hydrogens is 192 g/mol. The number of hydrogen-bond donors (Lipinski definition) is 2. The zero-order valence-corrected chi connectivity index (χ0v) is 8.61. The minimum Gasteiger partial charge on any atom is -0.472 e. The molecule has 2 rings (SSSR count). The first-order valence-electron chi connectivity index (χ1n) is 5.29. The molecule has 1 aliphatic rings. The van der Waals surface area contributed by atoms with Crippen LogP contribution in [0.5, 0.6) is 0 Å². The van der Waals surface area contributed by atoms with Gasteiger partial charge < -0.3 is 15.5 Å². The largest absolute Gasteiger partial charge is 0.472 e. The summed E-state index contributed by atoms with van der Waals surface area (Å²) in [6, 6.07) is 1.87. The molecule has 1 heterocycles. The number of nitrogens with two attached hydrogens (primary N) is 1. The molecule has 15 heavy (non-hydrogen) atoms. The van der Waals surface area contributed by atoms with E-state index in [9.17, 15) is 4.79 Å². The molecule has 0 bridgehead atoms. The molecule has 1 aliphatic carbocycles. The quantitative estimate of drug-likeness (QED) is 0.759. The summed E-state index contributed by atoms with van der Waals surface area (Å²) in [7, 11) is 0. The molecule has 1 aromatic rings. The van der Waals surface area contributed by atoms with Gasteiger partial charge >= 0.3 is 0 Å². The lowest BCUT2D eigenvalue weighted by atomic mass is 10.1. The van der Waals surface area contributed by atoms with Crippen LogP contribution < -0.4 is 11.1 Å². The highest BCUT2D eigenvalue weighted by Crippen LogP contribution is 2.32. The van der Waals surface area contributed by atoms with Crippen molar-refractivity contribution < 1.29 is 9.21 Å². The summed E-state index contributed by atoms with van der Waals surface area (Å²) in [5, 5.41) is 2.82. The first-order valence-corrected chi connectivity index (χ1v) is 5.29. The van der Waals surface area contributed by atoms with Gasteiger partial charge in [-0.2, -0.15) is 0 Å². The molecule has 1 atom stereocenters. The highest BCUT2D eigenvalue weighted by Gasteiger charge is 2.29. The maximum Gasteiger partial charge on any atom is 0.221 e. The van der Waals surface area contributed by atoms with Crippen molar-refractivity contribution in [2.24, 2.45) is 11.7 Å². The van der Waals surface area contributed by atoms with Crippen molar-refractivity contribution in [2.45, 2.75) is 31.8 Å². The van der Waals surface area contributed by atoms with Gasteiger partial charge in [-0.25, -0.2) is 0 Å². The van der Waals surface area contributed by atoms with Crippen LogP contribution in [0.15, 0.2) is 23.0 Å². The second kappa shape index (κ2) is 4.49. The van der Waals surface area contributed by atoms with Gasteiger partial charge in [-0.05, 0) is 24.8 Å². The maximum absolute atomic E-state index is 11.5. The van der Waals surface area contributed by atoms with Crippen molar-refractivity contribution in [3.05, 3.63) is 24.2 Å². The number of hydrogen-bond acceptors (Lipinski definition) is 3. The molecule has 0 aromatic carbocycles. The van der Waals surface area contributed by atoms with E-state index in [0.29, 0.717) is 18.9 Å². The summed E-state index contributed by atoms with van der Waals surface area (Å²) in [6.45, 7) is 0.521. The number of carbonyl (C=O) groups excluding carboxylic acids is 1. The van der Waals surface area contributed by atoms with Crippen LogP contribution in [0.25, 0.3) is 0 Å². The van der Waals surface area contributed by atoms with E-state index in [1.165, 1.54) is 12.8 Å². The lowest BCUT2D eigenvalue weighted by molar-refractivity contribution is -0.121. The number of amides is 1. The van der Waals surface area contributed by atoms with E-state index in [4.69, 9.17) is 10.2 Å². The number of carbonyl (C=O) groups is 1. The second-order valence-electron chi connectivity index (χ2n) is 4.11. The molecule has 1 fully saturated rings. The topological polar surface area (TPSA) is 68.3 Å². The molecule has 4 nitrogen and oxygen atoms in total. The Morgan fingerprint density at radius 3 is 3.07 bits per heavy atom. The molecule has 0 aliphatic heterocycles. The SMILES string of the molecule is NC(CC(=O)NCc1ccoc1)C1CC1. The van der Waals surface area contributed by atoms with E-state index < -0.39 is 0 Å². The first-order chi connectivity index (χ1) is 7.25. The van der Waals surface area contributed by atoms with Crippen molar-refractivity contribution in [1.82, 2.24) is 5.32 Å². The Labute approximate surface area is 88.8 Å². The van der Waals surface area contributed by atoms with Gasteiger partial charge in [0.15, 0.2) is 0 Å². The summed E-state index contributed by atoms with van der Waals surface area (Å²) >= 11 is 0. The highest BCUT2D eigenvalue weighted by atomic mass is 16.3. The first kappa shape index (κ1) is 10.2. The lowest BCUT2D eigenvalue weighted by Gasteiger charge is -2.09. The van der Waals surface area contributed by atoms with E-state index >= 15 is 0 Å². The summed E-state index contributed by atoms with van der Waals surface area (Å²) < 4.78 is 4.90. The van der Waals surface area contributed by atoms with Gasteiger partial charge in [0.1, 0.15) is 0 Å². The Balaban J connectivity index is 1.68. The normalized spacial score (nSPS) is 17.4. The molecule has 1 unspecified atom stereocenters. The van der Waals surface area contributed by atoms with Crippen LogP contribution in [0.4, 0.5) is 0 Å². The molecule has 1 aromatic heterocycles. The molecule has 0 spiro atoms. The Kier molecular flexibility index (Phi) is 3.06. The van der Waals surface area contributed by atoms with Gasteiger partial charge in [0, 0.05) is 24.6 Å². The van der Waals surface area contributed by atoms with Crippen LogP contribution in [0.3, 0.4) is 0 Å². The number of rotatable bonds is 5. The van der Waals surface area contributed by atoms with Crippen LogP contribution in [-0.2, 0) is 11.3 Å². The fourth-order valence-corrected chi connectivity index (χ4v) is 1.57. The van der Waals surface area contributed by atoms with E-state index in [-0.39, 0.29) is 11.9 Å². The number of nitrogens with one attached hydrogen (secondary N) is 1. The Morgan fingerprint density at radius 2 is 2.47 bits per heavy atom. The van der Waals surface area contributed by atoms with Crippen LogP contribution in [0.1, 0.15) is 24.8 Å². The molecule has 0 saturated heterocycles. The van der Waals surface area contributed by atoms with E-state index in [1.807, 2.05) is 6.07 Å². The third kappa shape index (κ3) is 3.09. The smallest absolute Gasteiger partial charge is 0.221 e. The molecule has 3 N–H and O–H groups in total. The van der Waals surface area contributed by atoms with Crippen LogP contribution in [0.2, 0.25) is 0 Å². The van der Waals surface area contributed by atoms with Gasteiger partial charge in [0.05, 0.1) is 12.5 Å². The van der Waals surface area contributed by atoms with E-state index in [2.05, 4.69) is 5.32 Å². The van der Waals surface area contributed by atoms with Crippen molar-refractivity contribution in [2.75, 3.05) is 0 Å². The number of furan rings is 1. The molecule has 1 amide bonds. The molecule has 82 valence electrons. The van der Waals surface area contributed by atoms with Crippen molar-refractivity contribution in [3.63, 3.8) is 0 Å². The molecule has 1 saturated carbocycles. The van der Waals surface area contributed by atoms with E-state index in [0.717, 1.165) is 5.56 Å². The van der Waals surface area contributed by atoms with Crippen LogP contribution in [-0.4, -0.2) is 11.9 Å². The fourth-order valence-electron chi connectivity index (χ4n) is 1.57. The van der Waals surface area contributed by atoms with Gasteiger partial charge in [-0.1, -0.05) is 0 Å². The monoisotopic (exact) mass is 208 g/mol. The van der Waals surface area contributed by atoms with Crippen molar-refractivity contribution in [3.8, 4) is 0 Å². The average Bonchev–Trinajstić information content (AvgIpc) is 2.93. The summed E-state index contributed by atoms with van der Waals surface area (Å²) in [5.74, 6) is 0.597. The predicted octanol–water partition coefficient (Wildman–Crippen LogP) is 1.02. The van der Waals surface area contributed by atoms with Gasteiger partial charge in [-0.3, -0.25) is 4.79 Å². The van der Waals surface area contributed by atoms with Crippen LogP contribution >= 0.6 is 0 Å². The maximum atomic E-state index is 11.5. The molecule has 0 radical (unpaired) electrons. The Bertz CT molecular complexity index is 317. The van der Waals surface area contributed by atoms with Gasteiger partial charge in [-0.15, -0.1) is 0 Å². The third-order valence-electron chi connectivity index (χ3n) is 2.72.